The number of carboxylic acid groups (broad SMARTS) is 1. The van der Waals surface area contributed by atoms with E-state index in [0.29, 0.717) is 24.4 Å². The van der Waals surface area contributed by atoms with Crippen molar-refractivity contribution in [3.63, 3.8) is 0 Å². The molecule has 0 saturated heterocycles. The summed E-state index contributed by atoms with van der Waals surface area (Å²) < 4.78 is 5.54. The van der Waals surface area contributed by atoms with E-state index in [1.807, 2.05) is 6.07 Å². The maximum atomic E-state index is 12.3. The summed E-state index contributed by atoms with van der Waals surface area (Å²) in [6, 6.07) is 7.16. The molecular weight excluding hydrogens is 324 g/mol. The molecule has 7 nitrogen and oxygen atoms in total. The molecule has 0 aromatic heterocycles. The molecule has 2 rings (SSSR count). The molecule has 1 aliphatic rings. The van der Waals surface area contributed by atoms with Gasteiger partial charge in [-0.05, 0) is 31.9 Å². The Balaban J connectivity index is 1.76. The van der Waals surface area contributed by atoms with Crippen LogP contribution in [0.1, 0.15) is 39.0 Å². The summed E-state index contributed by atoms with van der Waals surface area (Å²) in [6.07, 6.45) is 2.70. The van der Waals surface area contributed by atoms with Crippen LogP contribution in [0.5, 0.6) is 5.75 Å². The van der Waals surface area contributed by atoms with Crippen LogP contribution in [0.3, 0.4) is 0 Å². The number of ether oxygens (including phenoxy) is 1. The number of anilines is 1. The lowest BCUT2D eigenvalue weighted by molar-refractivity contribution is -0.137. The molecular formula is C18H24N2O5. The van der Waals surface area contributed by atoms with Crippen LogP contribution in [0.4, 0.5) is 5.69 Å². The summed E-state index contributed by atoms with van der Waals surface area (Å²) in [4.78, 5) is 36.3. The first-order chi connectivity index (χ1) is 12.0. The van der Waals surface area contributed by atoms with Crippen molar-refractivity contribution in [3.05, 3.63) is 24.3 Å². The lowest BCUT2D eigenvalue weighted by Gasteiger charge is -2.32. The van der Waals surface area contributed by atoms with Crippen molar-refractivity contribution >= 4 is 23.5 Å². The first kappa shape index (κ1) is 18.8. The molecule has 0 aliphatic carbocycles. The van der Waals surface area contributed by atoms with E-state index in [1.165, 1.54) is 4.90 Å². The Morgan fingerprint density at radius 2 is 1.92 bits per heavy atom. The molecule has 0 radical (unpaired) electrons. The van der Waals surface area contributed by atoms with Gasteiger partial charge >= 0.3 is 5.97 Å². The monoisotopic (exact) mass is 348 g/mol. The van der Waals surface area contributed by atoms with Gasteiger partial charge in [-0.25, -0.2) is 0 Å². The summed E-state index contributed by atoms with van der Waals surface area (Å²) in [5, 5.41) is 11.4. The number of nitrogens with one attached hydrogen (secondary N) is 1. The van der Waals surface area contributed by atoms with Crippen LogP contribution in [0.2, 0.25) is 0 Å². The van der Waals surface area contributed by atoms with Gasteiger partial charge < -0.3 is 15.2 Å². The minimum atomic E-state index is -0.780. The SMILES string of the molecule is CC1Oc2ccccc2N(CC(=O)NCCCCCCC(=O)O)C1=O. The van der Waals surface area contributed by atoms with Gasteiger partial charge in [-0.1, -0.05) is 25.0 Å². The number of benzene rings is 1. The molecule has 2 amide bonds. The molecule has 1 aromatic carbocycles. The van der Waals surface area contributed by atoms with Gasteiger partial charge in [0.1, 0.15) is 12.3 Å². The number of aliphatic carboxylic acids is 1. The Hall–Kier alpha value is -2.57. The molecule has 0 spiro atoms. The highest BCUT2D eigenvalue weighted by atomic mass is 16.5. The Kier molecular flexibility index (Phi) is 6.80. The van der Waals surface area contributed by atoms with Crippen molar-refractivity contribution < 1.29 is 24.2 Å². The maximum Gasteiger partial charge on any atom is 0.303 e. The average Bonchev–Trinajstić information content (AvgIpc) is 2.57. The third kappa shape index (κ3) is 5.48. The molecule has 1 atom stereocenters. The zero-order valence-electron chi connectivity index (χ0n) is 14.4. The van der Waals surface area contributed by atoms with Gasteiger partial charge in [-0.15, -0.1) is 0 Å². The van der Waals surface area contributed by atoms with Crippen molar-refractivity contribution in [1.29, 1.82) is 0 Å². The third-order valence-electron chi connectivity index (χ3n) is 4.01. The number of carboxylic acids is 1. The summed E-state index contributed by atoms with van der Waals surface area (Å²) in [5.41, 5.74) is 0.606. The van der Waals surface area contributed by atoms with Crippen LogP contribution >= 0.6 is 0 Å². The van der Waals surface area contributed by atoms with Gasteiger partial charge in [0.15, 0.2) is 6.10 Å². The molecule has 0 saturated carbocycles. The van der Waals surface area contributed by atoms with E-state index in [9.17, 15) is 14.4 Å². The third-order valence-corrected chi connectivity index (χ3v) is 4.01. The first-order valence-electron chi connectivity index (χ1n) is 8.54. The minimum absolute atomic E-state index is 0.0391. The van der Waals surface area contributed by atoms with Crippen molar-refractivity contribution in [2.75, 3.05) is 18.0 Å². The van der Waals surface area contributed by atoms with Gasteiger partial charge in [-0.3, -0.25) is 19.3 Å². The Bertz CT molecular complexity index is 632. The lowest BCUT2D eigenvalue weighted by Crippen LogP contribution is -2.48. The Morgan fingerprint density at radius 1 is 1.20 bits per heavy atom. The van der Waals surface area contributed by atoms with Crippen molar-refractivity contribution in [2.24, 2.45) is 0 Å². The van der Waals surface area contributed by atoms with Crippen LogP contribution < -0.4 is 15.0 Å². The zero-order chi connectivity index (χ0) is 18.2. The number of amides is 2. The number of hydrogen-bond donors (Lipinski definition) is 2. The summed E-state index contributed by atoms with van der Waals surface area (Å²) >= 11 is 0. The highest BCUT2D eigenvalue weighted by Gasteiger charge is 2.32. The topological polar surface area (TPSA) is 95.9 Å². The van der Waals surface area contributed by atoms with E-state index < -0.39 is 12.1 Å². The van der Waals surface area contributed by atoms with E-state index >= 15 is 0 Å². The number of hydrogen-bond acceptors (Lipinski definition) is 4. The second kappa shape index (κ2) is 9.05. The number of unbranched alkanes of at least 4 members (excludes halogenated alkanes) is 3. The molecule has 0 bridgehead atoms. The number of nitrogens with zero attached hydrogens (tertiary/aromatic N) is 1. The molecule has 1 aromatic rings. The number of para-hydroxylation sites is 2. The van der Waals surface area contributed by atoms with E-state index in [2.05, 4.69) is 5.32 Å². The van der Waals surface area contributed by atoms with Gasteiger partial charge in [0.25, 0.3) is 5.91 Å². The molecule has 0 fully saturated rings. The summed E-state index contributed by atoms with van der Waals surface area (Å²) in [7, 11) is 0. The van der Waals surface area contributed by atoms with Gasteiger partial charge in [0, 0.05) is 13.0 Å². The number of carbonyl (C=O) groups excluding carboxylic acids is 2. The molecule has 1 aliphatic heterocycles. The average molecular weight is 348 g/mol. The maximum absolute atomic E-state index is 12.3. The van der Waals surface area contributed by atoms with Crippen LogP contribution in [0, 0.1) is 0 Å². The number of fused-ring (bicyclic) bond motifs is 1. The predicted molar refractivity (Wildman–Crippen MR) is 92.6 cm³/mol. The molecule has 1 heterocycles. The van der Waals surface area contributed by atoms with E-state index in [4.69, 9.17) is 9.84 Å². The largest absolute Gasteiger partial charge is 0.481 e. The molecule has 1 unspecified atom stereocenters. The van der Waals surface area contributed by atoms with Crippen LogP contribution in [-0.4, -0.2) is 42.1 Å². The van der Waals surface area contributed by atoms with Crippen molar-refractivity contribution in [2.45, 2.75) is 45.1 Å². The van der Waals surface area contributed by atoms with Crippen LogP contribution in [-0.2, 0) is 14.4 Å². The predicted octanol–water partition coefficient (Wildman–Crippen LogP) is 1.95. The van der Waals surface area contributed by atoms with E-state index in [1.54, 1.807) is 25.1 Å². The second-order valence-corrected chi connectivity index (χ2v) is 6.06. The highest BCUT2D eigenvalue weighted by molar-refractivity contribution is 6.03. The van der Waals surface area contributed by atoms with Crippen LogP contribution in [0.15, 0.2) is 24.3 Å². The molecule has 2 N–H and O–H groups in total. The highest BCUT2D eigenvalue weighted by Crippen LogP contribution is 2.33. The van der Waals surface area contributed by atoms with E-state index in [0.717, 1.165) is 19.3 Å². The van der Waals surface area contributed by atoms with Gasteiger partial charge in [0.05, 0.1) is 5.69 Å². The second-order valence-electron chi connectivity index (χ2n) is 6.06. The van der Waals surface area contributed by atoms with Crippen molar-refractivity contribution in [3.8, 4) is 5.75 Å². The van der Waals surface area contributed by atoms with Gasteiger partial charge in [0.2, 0.25) is 5.91 Å². The lowest BCUT2D eigenvalue weighted by atomic mass is 10.1. The smallest absolute Gasteiger partial charge is 0.303 e. The Labute approximate surface area is 147 Å². The molecule has 25 heavy (non-hydrogen) atoms. The summed E-state index contributed by atoms with van der Waals surface area (Å²) in [6.45, 7) is 2.14. The van der Waals surface area contributed by atoms with Crippen molar-refractivity contribution in [1.82, 2.24) is 5.32 Å². The Morgan fingerprint density at radius 3 is 2.68 bits per heavy atom. The minimum Gasteiger partial charge on any atom is -0.481 e. The quantitative estimate of drug-likeness (QED) is 0.665. The number of carbonyl (C=O) groups is 3. The standard InChI is InChI=1S/C18H24N2O5/c1-13-18(24)20(14-8-5-6-9-15(14)25-13)12-16(21)19-11-7-3-2-4-10-17(22)23/h5-6,8-9,13H,2-4,7,10-12H2,1H3,(H,19,21)(H,22,23). The fourth-order valence-electron chi connectivity index (χ4n) is 2.70. The van der Waals surface area contributed by atoms with E-state index in [-0.39, 0.29) is 24.8 Å². The normalized spacial score (nSPS) is 16.1. The molecule has 136 valence electrons. The summed E-state index contributed by atoms with van der Waals surface area (Å²) in [5.74, 6) is -0.635. The zero-order valence-corrected chi connectivity index (χ0v) is 14.4. The van der Waals surface area contributed by atoms with Gasteiger partial charge in [-0.2, -0.15) is 0 Å². The fourth-order valence-corrected chi connectivity index (χ4v) is 2.70. The molecule has 7 heteroatoms. The first-order valence-corrected chi connectivity index (χ1v) is 8.54. The fraction of sp³-hybridized carbons (Fsp3) is 0.500. The van der Waals surface area contributed by atoms with Crippen LogP contribution in [0.25, 0.3) is 0 Å². The number of rotatable bonds is 9.